The van der Waals surface area contributed by atoms with Crippen LogP contribution in [0.2, 0.25) is 0 Å². The van der Waals surface area contributed by atoms with Crippen molar-refractivity contribution in [1.29, 1.82) is 0 Å². The molecule has 5 aromatic rings. The van der Waals surface area contributed by atoms with Crippen LogP contribution in [-0.4, -0.2) is 38.9 Å². The van der Waals surface area contributed by atoms with E-state index in [4.69, 9.17) is 9.84 Å². The predicted molar refractivity (Wildman–Crippen MR) is 132 cm³/mol. The number of fused-ring (bicyclic) bond motifs is 1. The van der Waals surface area contributed by atoms with E-state index in [-0.39, 0.29) is 5.91 Å². The molecule has 0 unspecified atom stereocenters. The van der Waals surface area contributed by atoms with Crippen LogP contribution in [0.5, 0.6) is 5.75 Å². The van der Waals surface area contributed by atoms with Crippen molar-refractivity contribution in [2.45, 2.75) is 13.5 Å². The first kappa shape index (κ1) is 21.5. The van der Waals surface area contributed by atoms with E-state index in [0.717, 1.165) is 28.1 Å². The molecule has 2 heterocycles. The normalized spacial score (nSPS) is 11.0. The Balaban J connectivity index is 1.44. The predicted octanol–water partition coefficient (Wildman–Crippen LogP) is 4.64. The lowest BCUT2D eigenvalue weighted by molar-refractivity contribution is 0.0953. The highest BCUT2D eigenvalue weighted by atomic mass is 16.5. The van der Waals surface area contributed by atoms with Crippen LogP contribution in [-0.2, 0) is 6.54 Å². The van der Waals surface area contributed by atoms with Gasteiger partial charge in [0.05, 0.1) is 29.4 Å². The summed E-state index contributed by atoms with van der Waals surface area (Å²) >= 11 is 0. The number of carbonyl (C=O) groups is 1. The van der Waals surface area contributed by atoms with Gasteiger partial charge in [0, 0.05) is 24.8 Å². The summed E-state index contributed by atoms with van der Waals surface area (Å²) < 4.78 is 9.38. The van der Waals surface area contributed by atoms with Crippen molar-refractivity contribution >= 4 is 16.9 Å². The summed E-state index contributed by atoms with van der Waals surface area (Å²) in [7, 11) is 1.62. The molecule has 0 atom stereocenters. The van der Waals surface area contributed by atoms with E-state index in [1.54, 1.807) is 18.0 Å². The van der Waals surface area contributed by atoms with Gasteiger partial charge in [-0.3, -0.25) is 4.79 Å². The minimum atomic E-state index is -0.190. The molecule has 0 bridgehead atoms. The molecular weight excluding hydrogens is 426 g/mol. The van der Waals surface area contributed by atoms with Crippen LogP contribution in [0, 0.1) is 6.92 Å². The fourth-order valence-electron chi connectivity index (χ4n) is 4.15. The van der Waals surface area contributed by atoms with Crippen molar-refractivity contribution in [3.8, 4) is 22.7 Å². The molecule has 7 nitrogen and oxygen atoms in total. The number of para-hydroxylation sites is 4. The number of imidazole rings is 1. The fourth-order valence-corrected chi connectivity index (χ4v) is 4.15. The first-order valence-electron chi connectivity index (χ1n) is 11.1. The lowest BCUT2D eigenvalue weighted by Crippen LogP contribution is -2.27. The van der Waals surface area contributed by atoms with E-state index in [1.165, 1.54) is 0 Å². The van der Waals surface area contributed by atoms with E-state index in [0.29, 0.717) is 30.1 Å². The highest BCUT2D eigenvalue weighted by Crippen LogP contribution is 2.31. The average molecular weight is 452 g/mol. The molecule has 0 saturated carbocycles. The summed E-state index contributed by atoms with van der Waals surface area (Å²) in [5, 5.41) is 7.81. The zero-order valence-corrected chi connectivity index (χ0v) is 19.1. The van der Waals surface area contributed by atoms with Gasteiger partial charge in [0.25, 0.3) is 5.91 Å². The Hall–Kier alpha value is -4.39. The maximum Gasteiger partial charge on any atom is 0.255 e. The van der Waals surface area contributed by atoms with Gasteiger partial charge in [0.1, 0.15) is 17.3 Å². The van der Waals surface area contributed by atoms with E-state index in [9.17, 15) is 4.79 Å². The molecule has 0 radical (unpaired) electrons. The van der Waals surface area contributed by atoms with E-state index < -0.39 is 0 Å². The molecule has 0 fully saturated rings. The summed E-state index contributed by atoms with van der Waals surface area (Å²) in [5.41, 5.74) is 4.71. The maximum atomic E-state index is 13.3. The Morgan fingerprint density at radius 2 is 1.71 bits per heavy atom. The molecule has 5 rings (SSSR count). The molecule has 0 spiro atoms. The van der Waals surface area contributed by atoms with Gasteiger partial charge in [0.15, 0.2) is 0 Å². The lowest BCUT2D eigenvalue weighted by Gasteiger charge is -2.10. The number of aromatic nitrogens is 4. The van der Waals surface area contributed by atoms with Gasteiger partial charge in [-0.2, -0.15) is 5.10 Å². The van der Waals surface area contributed by atoms with Crippen molar-refractivity contribution in [3.05, 3.63) is 96.4 Å². The second-order valence-electron chi connectivity index (χ2n) is 7.93. The number of nitrogens with one attached hydrogen (secondary N) is 1. The molecule has 1 amide bonds. The molecule has 7 heteroatoms. The van der Waals surface area contributed by atoms with Crippen LogP contribution in [0.3, 0.4) is 0 Å². The molecule has 0 saturated heterocycles. The summed E-state index contributed by atoms with van der Waals surface area (Å²) in [6, 6.07) is 25.3. The molecule has 34 heavy (non-hydrogen) atoms. The smallest absolute Gasteiger partial charge is 0.255 e. The Bertz CT molecular complexity index is 1450. The third-order valence-electron chi connectivity index (χ3n) is 5.81. The number of amides is 1. The van der Waals surface area contributed by atoms with Gasteiger partial charge >= 0.3 is 0 Å². The number of rotatable bonds is 7. The first-order chi connectivity index (χ1) is 16.7. The molecule has 2 aromatic heterocycles. The van der Waals surface area contributed by atoms with E-state index >= 15 is 0 Å². The second kappa shape index (κ2) is 9.23. The lowest BCUT2D eigenvalue weighted by atomic mass is 10.1. The van der Waals surface area contributed by atoms with Gasteiger partial charge in [-0.15, -0.1) is 0 Å². The molecule has 0 aliphatic carbocycles. The highest BCUT2D eigenvalue weighted by molar-refractivity contribution is 6.00. The van der Waals surface area contributed by atoms with Crippen LogP contribution >= 0.6 is 0 Å². The Kier molecular flexibility index (Phi) is 5.82. The van der Waals surface area contributed by atoms with Crippen LogP contribution in [0.15, 0.2) is 85.1 Å². The summed E-state index contributed by atoms with van der Waals surface area (Å²) in [4.78, 5) is 17.9. The van der Waals surface area contributed by atoms with Crippen LogP contribution in [0.25, 0.3) is 28.0 Å². The minimum Gasteiger partial charge on any atom is -0.496 e. The molecule has 1 N–H and O–H groups in total. The van der Waals surface area contributed by atoms with Crippen LogP contribution in [0.4, 0.5) is 0 Å². The average Bonchev–Trinajstić information content (AvgIpc) is 3.46. The van der Waals surface area contributed by atoms with Gasteiger partial charge in [0.2, 0.25) is 0 Å². The van der Waals surface area contributed by atoms with Gasteiger partial charge in [-0.25, -0.2) is 9.67 Å². The molecule has 0 aliphatic heterocycles. The third kappa shape index (κ3) is 4.03. The first-order valence-corrected chi connectivity index (χ1v) is 11.1. The number of ether oxygens (including phenoxy) is 1. The summed E-state index contributed by atoms with van der Waals surface area (Å²) in [5.74, 6) is 1.39. The second-order valence-corrected chi connectivity index (χ2v) is 7.93. The van der Waals surface area contributed by atoms with Crippen molar-refractivity contribution in [2.24, 2.45) is 0 Å². The molecule has 3 aromatic carbocycles. The summed E-state index contributed by atoms with van der Waals surface area (Å²) in [6.45, 7) is 3.06. The molecule has 170 valence electrons. The maximum absolute atomic E-state index is 13.3. The fraction of sp³-hybridized carbons (Fsp3) is 0.148. The van der Waals surface area contributed by atoms with Gasteiger partial charge < -0.3 is 14.6 Å². The zero-order chi connectivity index (χ0) is 23.5. The topological polar surface area (TPSA) is 74.0 Å². The zero-order valence-electron chi connectivity index (χ0n) is 19.1. The number of aryl methyl sites for hydroxylation is 1. The standard InChI is InChI=1S/C27H25N5O2/c1-19-29-23-13-7-8-14-24(23)31(19)17-16-28-27(33)22-18-32(20-10-4-3-5-11-20)30-26(22)21-12-6-9-15-25(21)34-2/h3-15,18H,16-17H2,1-2H3,(H,28,33). The quantitative estimate of drug-likeness (QED) is 0.391. The number of hydrogen-bond donors (Lipinski definition) is 1. The number of nitrogens with zero attached hydrogens (tertiary/aromatic N) is 4. The van der Waals surface area contributed by atoms with Crippen LogP contribution < -0.4 is 10.1 Å². The highest BCUT2D eigenvalue weighted by Gasteiger charge is 2.21. The number of hydrogen-bond acceptors (Lipinski definition) is 4. The molecular formula is C27H25N5O2. The van der Waals surface area contributed by atoms with Crippen molar-refractivity contribution in [1.82, 2.24) is 24.6 Å². The van der Waals surface area contributed by atoms with E-state index in [2.05, 4.69) is 14.9 Å². The minimum absolute atomic E-state index is 0.190. The Morgan fingerprint density at radius 3 is 2.53 bits per heavy atom. The largest absolute Gasteiger partial charge is 0.496 e. The van der Waals surface area contributed by atoms with Gasteiger partial charge in [-0.1, -0.05) is 42.5 Å². The van der Waals surface area contributed by atoms with Crippen molar-refractivity contribution in [3.63, 3.8) is 0 Å². The Labute approximate surface area is 197 Å². The number of benzene rings is 3. The number of carbonyl (C=O) groups excluding carboxylic acids is 1. The monoisotopic (exact) mass is 451 g/mol. The third-order valence-corrected chi connectivity index (χ3v) is 5.81. The summed E-state index contributed by atoms with van der Waals surface area (Å²) in [6.07, 6.45) is 1.77. The van der Waals surface area contributed by atoms with Crippen molar-refractivity contribution in [2.75, 3.05) is 13.7 Å². The van der Waals surface area contributed by atoms with Gasteiger partial charge in [-0.05, 0) is 43.3 Å². The Morgan fingerprint density at radius 1 is 0.971 bits per heavy atom. The molecule has 0 aliphatic rings. The van der Waals surface area contributed by atoms with Crippen LogP contribution in [0.1, 0.15) is 16.2 Å². The SMILES string of the molecule is COc1ccccc1-c1nn(-c2ccccc2)cc1C(=O)NCCn1c(C)nc2ccccc21. The van der Waals surface area contributed by atoms with E-state index in [1.807, 2.05) is 85.8 Å². The van der Waals surface area contributed by atoms with Crippen molar-refractivity contribution < 1.29 is 9.53 Å². The number of methoxy groups -OCH3 is 1.